The molecule has 0 aliphatic rings. The van der Waals surface area contributed by atoms with E-state index >= 15 is 8.78 Å². The van der Waals surface area contributed by atoms with Gasteiger partial charge in [0.25, 0.3) is 5.56 Å². The summed E-state index contributed by atoms with van der Waals surface area (Å²) in [4.78, 5) is 42.2. The first-order valence-electron chi connectivity index (χ1n) is 13.9. The quantitative estimate of drug-likeness (QED) is 0.255. The van der Waals surface area contributed by atoms with Crippen molar-refractivity contribution in [2.45, 2.75) is 20.0 Å². The molecule has 5 rings (SSSR count). The molecule has 0 radical (unpaired) electrons. The van der Waals surface area contributed by atoms with Crippen molar-refractivity contribution in [3.63, 3.8) is 0 Å². The first-order valence-corrected chi connectivity index (χ1v) is 13.9. The molecule has 0 aliphatic heterocycles. The number of fused-ring (bicyclic) bond motifs is 1. The standard InChI is InChI=1S/C32H32F2N6O5/c1-19-8-6-9-23(33)22(19)16-38-30-28(31(42)39(32(38)43)24-10-7-11-26(45-5)29(24)34)25(17-37(2)3)40(36-30)21-14-12-20(13-15-21)35-27(41)18-44-4/h6-15H,16-18H2,1-5H3,(H,35,41). The number of nitrogens with one attached hydrogen (secondary N) is 1. The average Bonchev–Trinajstić information content (AvgIpc) is 3.36. The molecule has 1 amide bonds. The molecule has 0 aliphatic carbocycles. The van der Waals surface area contributed by atoms with Gasteiger partial charge in [0.2, 0.25) is 5.91 Å². The van der Waals surface area contributed by atoms with Gasteiger partial charge in [-0.2, -0.15) is 0 Å². The zero-order chi connectivity index (χ0) is 32.4. The summed E-state index contributed by atoms with van der Waals surface area (Å²) in [5.41, 5.74) is 0.229. The topological polar surface area (TPSA) is 113 Å². The van der Waals surface area contributed by atoms with Crippen LogP contribution in [0.1, 0.15) is 16.8 Å². The van der Waals surface area contributed by atoms with Crippen LogP contribution in [0.15, 0.2) is 70.3 Å². The highest BCUT2D eigenvalue weighted by atomic mass is 19.1. The molecule has 11 nitrogen and oxygen atoms in total. The zero-order valence-corrected chi connectivity index (χ0v) is 25.4. The van der Waals surface area contributed by atoms with Crippen LogP contribution >= 0.6 is 0 Å². The van der Waals surface area contributed by atoms with Crippen LogP contribution in [0.3, 0.4) is 0 Å². The van der Waals surface area contributed by atoms with Crippen LogP contribution in [0.5, 0.6) is 5.75 Å². The number of amides is 1. The predicted molar refractivity (Wildman–Crippen MR) is 166 cm³/mol. The van der Waals surface area contributed by atoms with Crippen molar-refractivity contribution in [2.24, 2.45) is 0 Å². The number of methoxy groups -OCH3 is 2. The fourth-order valence-electron chi connectivity index (χ4n) is 5.14. The molecule has 0 spiro atoms. The van der Waals surface area contributed by atoms with Gasteiger partial charge in [0, 0.05) is 24.9 Å². The van der Waals surface area contributed by atoms with Crippen LogP contribution in [-0.4, -0.2) is 64.6 Å². The van der Waals surface area contributed by atoms with Crippen LogP contribution in [0, 0.1) is 18.6 Å². The zero-order valence-electron chi connectivity index (χ0n) is 25.4. The van der Waals surface area contributed by atoms with E-state index in [0.717, 1.165) is 4.57 Å². The third kappa shape index (κ3) is 5.99. The summed E-state index contributed by atoms with van der Waals surface area (Å²) in [6, 6.07) is 15.4. The summed E-state index contributed by atoms with van der Waals surface area (Å²) >= 11 is 0. The second-order valence-electron chi connectivity index (χ2n) is 10.7. The lowest BCUT2D eigenvalue weighted by Crippen LogP contribution is -2.40. The van der Waals surface area contributed by atoms with Crippen molar-refractivity contribution >= 4 is 22.6 Å². The number of aryl methyl sites for hydroxylation is 1. The van der Waals surface area contributed by atoms with Gasteiger partial charge in [0.1, 0.15) is 17.8 Å². The summed E-state index contributed by atoms with van der Waals surface area (Å²) < 4.78 is 44.1. The van der Waals surface area contributed by atoms with Crippen molar-refractivity contribution in [3.05, 3.63) is 110 Å². The van der Waals surface area contributed by atoms with E-state index in [-0.39, 0.29) is 53.6 Å². The Kier molecular flexibility index (Phi) is 8.93. The summed E-state index contributed by atoms with van der Waals surface area (Å²) in [6.07, 6.45) is 0. The van der Waals surface area contributed by atoms with E-state index < -0.39 is 22.9 Å². The summed E-state index contributed by atoms with van der Waals surface area (Å²) in [6.45, 7) is 1.53. The van der Waals surface area contributed by atoms with Gasteiger partial charge in [0.15, 0.2) is 17.2 Å². The normalized spacial score (nSPS) is 11.4. The van der Waals surface area contributed by atoms with Gasteiger partial charge in [-0.3, -0.25) is 14.2 Å². The molecule has 0 fully saturated rings. The molecule has 1 N–H and O–H groups in total. The molecule has 45 heavy (non-hydrogen) atoms. The molecule has 0 bridgehead atoms. The van der Waals surface area contributed by atoms with E-state index in [1.54, 1.807) is 57.4 Å². The highest BCUT2D eigenvalue weighted by molar-refractivity contribution is 5.91. The number of benzene rings is 3. The van der Waals surface area contributed by atoms with Crippen LogP contribution < -0.4 is 21.3 Å². The van der Waals surface area contributed by atoms with Crippen LogP contribution in [0.2, 0.25) is 0 Å². The van der Waals surface area contributed by atoms with E-state index in [2.05, 4.69) is 5.32 Å². The van der Waals surface area contributed by atoms with E-state index in [1.165, 1.54) is 47.7 Å². The smallest absolute Gasteiger partial charge is 0.337 e. The molecule has 0 saturated heterocycles. The van der Waals surface area contributed by atoms with Crippen molar-refractivity contribution in [3.8, 4) is 17.1 Å². The van der Waals surface area contributed by atoms with E-state index in [4.69, 9.17) is 14.6 Å². The van der Waals surface area contributed by atoms with Gasteiger partial charge in [-0.1, -0.05) is 18.2 Å². The molecule has 0 unspecified atom stereocenters. The SMILES string of the molecule is COCC(=O)Nc1ccc(-n2nc3c(c2CN(C)C)c(=O)n(-c2cccc(OC)c2F)c(=O)n3Cc2c(C)cccc2F)cc1. The van der Waals surface area contributed by atoms with Crippen molar-refractivity contribution in [1.29, 1.82) is 0 Å². The Morgan fingerprint density at radius 1 is 1.00 bits per heavy atom. The number of aromatic nitrogens is 4. The fourth-order valence-corrected chi connectivity index (χ4v) is 5.14. The minimum atomic E-state index is -0.903. The van der Waals surface area contributed by atoms with Crippen LogP contribution in [0.4, 0.5) is 14.5 Å². The summed E-state index contributed by atoms with van der Waals surface area (Å²) in [5, 5.41) is 7.49. The lowest BCUT2D eigenvalue weighted by Gasteiger charge is -2.15. The third-order valence-electron chi connectivity index (χ3n) is 7.27. The van der Waals surface area contributed by atoms with Gasteiger partial charge < -0.3 is 19.7 Å². The minimum absolute atomic E-state index is 0.00142. The second-order valence-corrected chi connectivity index (χ2v) is 10.7. The maximum atomic E-state index is 15.6. The lowest BCUT2D eigenvalue weighted by atomic mass is 10.1. The van der Waals surface area contributed by atoms with Gasteiger partial charge in [0.05, 0.1) is 30.7 Å². The van der Waals surface area contributed by atoms with E-state index in [1.807, 2.05) is 4.90 Å². The first-order chi connectivity index (χ1) is 21.5. The van der Waals surface area contributed by atoms with Crippen LogP contribution in [-0.2, 0) is 22.6 Å². The molecule has 13 heteroatoms. The molecule has 2 aromatic heterocycles. The number of hydrogen-bond acceptors (Lipinski definition) is 7. The number of hydrogen-bond donors (Lipinski definition) is 1. The summed E-state index contributed by atoms with van der Waals surface area (Å²) in [7, 11) is 6.30. The maximum absolute atomic E-state index is 15.6. The Morgan fingerprint density at radius 2 is 1.71 bits per heavy atom. The Labute approximate surface area is 256 Å². The van der Waals surface area contributed by atoms with Gasteiger partial charge in [-0.05, 0) is 69.0 Å². The van der Waals surface area contributed by atoms with Crippen LogP contribution in [0.25, 0.3) is 22.4 Å². The Morgan fingerprint density at radius 3 is 2.36 bits per heavy atom. The van der Waals surface area contributed by atoms with Gasteiger partial charge in [-0.15, -0.1) is 5.10 Å². The second kappa shape index (κ2) is 12.8. The molecule has 0 saturated carbocycles. The fraction of sp³-hybridized carbons (Fsp3) is 0.250. The third-order valence-corrected chi connectivity index (χ3v) is 7.27. The number of nitrogens with zero attached hydrogens (tertiary/aromatic N) is 5. The average molecular weight is 619 g/mol. The highest BCUT2D eigenvalue weighted by Crippen LogP contribution is 2.26. The number of carbonyl (C=O) groups excluding carboxylic acids is 1. The predicted octanol–water partition coefficient (Wildman–Crippen LogP) is 3.63. The molecular weight excluding hydrogens is 586 g/mol. The minimum Gasteiger partial charge on any atom is -0.494 e. The van der Waals surface area contributed by atoms with E-state index in [9.17, 15) is 14.4 Å². The Hall–Kier alpha value is -5.14. The largest absolute Gasteiger partial charge is 0.494 e. The first kappa shape index (κ1) is 31.3. The van der Waals surface area contributed by atoms with Gasteiger partial charge >= 0.3 is 5.69 Å². The molecule has 5 aromatic rings. The number of carbonyl (C=O) groups is 1. The number of halogens is 2. The molecule has 2 heterocycles. The molecule has 234 valence electrons. The number of ether oxygens (including phenoxy) is 2. The monoisotopic (exact) mass is 618 g/mol. The molecule has 0 atom stereocenters. The van der Waals surface area contributed by atoms with Crippen molar-refractivity contribution in [1.82, 2.24) is 23.8 Å². The lowest BCUT2D eigenvalue weighted by molar-refractivity contribution is -0.119. The van der Waals surface area contributed by atoms with Crippen molar-refractivity contribution < 1.29 is 23.0 Å². The summed E-state index contributed by atoms with van der Waals surface area (Å²) in [5.74, 6) is -1.93. The highest BCUT2D eigenvalue weighted by Gasteiger charge is 2.26. The number of anilines is 1. The molecular formula is C32H32F2N6O5. The van der Waals surface area contributed by atoms with Gasteiger partial charge in [-0.25, -0.2) is 22.8 Å². The number of rotatable bonds is 10. The molecule has 3 aromatic carbocycles. The Bertz CT molecular complexity index is 1990. The van der Waals surface area contributed by atoms with Crippen molar-refractivity contribution in [2.75, 3.05) is 40.2 Å². The Balaban J connectivity index is 1.83. The maximum Gasteiger partial charge on any atom is 0.337 e. The van der Waals surface area contributed by atoms with E-state index in [0.29, 0.717) is 22.6 Å².